The second kappa shape index (κ2) is 5.74. The van der Waals surface area contributed by atoms with Crippen LogP contribution in [-0.4, -0.2) is 41.6 Å². The summed E-state index contributed by atoms with van der Waals surface area (Å²) in [5.74, 6) is -3.60. The number of ether oxygens (including phenoxy) is 1. The molecule has 104 valence electrons. The molecule has 3 nitrogen and oxygen atoms in total. The van der Waals surface area contributed by atoms with Gasteiger partial charge in [0.15, 0.2) is 0 Å². The third kappa shape index (κ3) is 3.15. The van der Waals surface area contributed by atoms with Crippen molar-refractivity contribution in [3.05, 3.63) is 0 Å². The molecule has 2 aliphatic rings. The molecule has 3 unspecified atom stereocenters. The zero-order valence-electron chi connectivity index (χ0n) is 10.5. The third-order valence-electron chi connectivity index (χ3n) is 3.50. The zero-order chi connectivity index (χ0) is 13.2. The van der Waals surface area contributed by atoms with E-state index in [0.29, 0.717) is 17.8 Å². The van der Waals surface area contributed by atoms with E-state index < -0.39 is 24.4 Å². The van der Waals surface area contributed by atoms with E-state index in [1.807, 2.05) is 11.8 Å². The SMILES string of the molecule is CCSC1CCCC1NCC1CC(F)(F)C(=O)O1. The highest BCUT2D eigenvalue weighted by atomic mass is 32.2. The van der Waals surface area contributed by atoms with E-state index in [1.165, 1.54) is 12.8 Å². The van der Waals surface area contributed by atoms with Crippen molar-refractivity contribution in [1.82, 2.24) is 5.32 Å². The van der Waals surface area contributed by atoms with Gasteiger partial charge in [0.1, 0.15) is 6.10 Å². The lowest BCUT2D eigenvalue weighted by Crippen LogP contribution is -2.39. The van der Waals surface area contributed by atoms with Gasteiger partial charge in [-0.1, -0.05) is 13.3 Å². The normalized spacial score (nSPS) is 34.8. The number of hydrogen-bond donors (Lipinski definition) is 1. The van der Waals surface area contributed by atoms with Gasteiger partial charge in [-0.05, 0) is 18.6 Å². The Kier molecular flexibility index (Phi) is 4.48. The van der Waals surface area contributed by atoms with E-state index in [-0.39, 0.29) is 0 Å². The molecule has 2 rings (SSSR count). The number of thioether (sulfide) groups is 1. The molecule has 0 aromatic rings. The highest BCUT2D eigenvalue weighted by Gasteiger charge is 2.50. The van der Waals surface area contributed by atoms with E-state index in [9.17, 15) is 13.6 Å². The minimum absolute atomic E-state index is 0.340. The Bertz CT molecular complexity index is 314. The first kappa shape index (κ1) is 14.1. The van der Waals surface area contributed by atoms with Gasteiger partial charge in [0.2, 0.25) is 0 Å². The summed E-state index contributed by atoms with van der Waals surface area (Å²) in [6, 6.07) is 0.364. The fraction of sp³-hybridized carbons (Fsp3) is 0.917. The quantitative estimate of drug-likeness (QED) is 0.783. The number of cyclic esters (lactones) is 1. The average molecular weight is 279 g/mol. The molecule has 0 spiro atoms. The summed E-state index contributed by atoms with van der Waals surface area (Å²) in [6.45, 7) is 2.46. The summed E-state index contributed by atoms with van der Waals surface area (Å²) in [7, 11) is 0. The summed E-state index contributed by atoms with van der Waals surface area (Å²) in [5.41, 5.74) is 0. The molecule has 1 saturated carbocycles. The molecule has 2 fully saturated rings. The molecule has 0 bridgehead atoms. The second-order valence-corrected chi connectivity index (χ2v) is 6.39. The molecule has 0 radical (unpaired) electrons. The predicted molar refractivity (Wildman–Crippen MR) is 67.0 cm³/mol. The van der Waals surface area contributed by atoms with E-state index in [0.717, 1.165) is 12.2 Å². The summed E-state index contributed by atoms with van der Waals surface area (Å²) in [6.07, 6.45) is 2.26. The first-order valence-corrected chi connectivity index (χ1v) is 7.51. The van der Waals surface area contributed by atoms with Crippen molar-refractivity contribution in [3.63, 3.8) is 0 Å². The largest absolute Gasteiger partial charge is 0.456 e. The van der Waals surface area contributed by atoms with Gasteiger partial charge in [-0.15, -0.1) is 0 Å². The number of alkyl halides is 2. The van der Waals surface area contributed by atoms with Crippen LogP contribution in [0.2, 0.25) is 0 Å². The molecule has 0 amide bonds. The lowest BCUT2D eigenvalue weighted by Gasteiger charge is -2.21. The van der Waals surface area contributed by atoms with Gasteiger partial charge in [-0.2, -0.15) is 20.5 Å². The van der Waals surface area contributed by atoms with Gasteiger partial charge in [-0.3, -0.25) is 0 Å². The molecule has 0 aromatic carbocycles. The Labute approximate surface area is 110 Å². The lowest BCUT2D eigenvalue weighted by atomic mass is 10.2. The van der Waals surface area contributed by atoms with Gasteiger partial charge in [-0.25, -0.2) is 4.79 Å². The van der Waals surface area contributed by atoms with Gasteiger partial charge in [0, 0.05) is 17.8 Å². The molecular formula is C12H19F2NO2S. The first-order chi connectivity index (χ1) is 8.53. The number of halogens is 2. The van der Waals surface area contributed by atoms with Crippen LogP contribution in [0, 0.1) is 0 Å². The van der Waals surface area contributed by atoms with E-state index in [1.54, 1.807) is 0 Å². The lowest BCUT2D eigenvalue weighted by molar-refractivity contribution is -0.159. The van der Waals surface area contributed by atoms with Crippen LogP contribution in [0.15, 0.2) is 0 Å². The summed E-state index contributed by atoms with van der Waals surface area (Å²) >= 11 is 1.91. The standard InChI is InChI=1S/C12H19F2NO2S/c1-2-18-10-5-3-4-9(10)15-7-8-6-12(13,14)11(16)17-8/h8-10,15H,2-7H2,1H3. The Hall–Kier alpha value is -0.360. The molecule has 1 aliphatic heterocycles. The second-order valence-electron chi connectivity index (χ2n) is 4.88. The van der Waals surface area contributed by atoms with Crippen LogP contribution in [-0.2, 0) is 9.53 Å². The summed E-state index contributed by atoms with van der Waals surface area (Å²) < 4.78 is 30.6. The molecule has 1 saturated heterocycles. The molecule has 3 atom stereocenters. The maximum atomic E-state index is 13.0. The number of hydrogen-bond acceptors (Lipinski definition) is 4. The van der Waals surface area contributed by atoms with Crippen LogP contribution in [0.4, 0.5) is 8.78 Å². The van der Waals surface area contributed by atoms with E-state index in [2.05, 4.69) is 17.0 Å². The first-order valence-electron chi connectivity index (χ1n) is 6.47. The van der Waals surface area contributed by atoms with Crippen LogP contribution < -0.4 is 5.32 Å². The zero-order valence-corrected chi connectivity index (χ0v) is 11.3. The highest BCUT2D eigenvalue weighted by Crippen LogP contribution is 2.32. The monoisotopic (exact) mass is 279 g/mol. The number of carbonyl (C=O) groups excluding carboxylic acids is 1. The van der Waals surface area contributed by atoms with Crippen LogP contribution in [0.5, 0.6) is 0 Å². The number of rotatable bonds is 5. The van der Waals surface area contributed by atoms with Crippen LogP contribution in [0.3, 0.4) is 0 Å². The van der Waals surface area contributed by atoms with Gasteiger partial charge >= 0.3 is 11.9 Å². The summed E-state index contributed by atoms with van der Waals surface area (Å²) in [4.78, 5) is 10.9. The topological polar surface area (TPSA) is 38.3 Å². The highest BCUT2D eigenvalue weighted by molar-refractivity contribution is 7.99. The van der Waals surface area contributed by atoms with Crippen molar-refractivity contribution in [2.24, 2.45) is 0 Å². The van der Waals surface area contributed by atoms with Crippen molar-refractivity contribution >= 4 is 17.7 Å². The summed E-state index contributed by atoms with van der Waals surface area (Å²) in [5, 5.41) is 3.85. The molecule has 6 heteroatoms. The fourth-order valence-corrected chi connectivity index (χ4v) is 3.84. The van der Waals surface area contributed by atoms with Crippen molar-refractivity contribution in [2.45, 2.75) is 55.9 Å². The van der Waals surface area contributed by atoms with Crippen LogP contribution in [0.25, 0.3) is 0 Å². The van der Waals surface area contributed by atoms with Gasteiger partial charge < -0.3 is 10.1 Å². The van der Waals surface area contributed by atoms with Gasteiger partial charge in [0.25, 0.3) is 0 Å². The van der Waals surface area contributed by atoms with Crippen molar-refractivity contribution in [1.29, 1.82) is 0 Å². The van der Waals surface area contributed by atoms with Crippen molar-refractivity contribution < 1.29 is 18.3 Å². The number of esters is 1. The predicted octanol–water partition coefficient (Wildman–Crippen LogP) is 2.20. The smallest absolute Gasteiger partial charge is 0.377 e. The maximum Gasteiger partial charge on any atom is 0.377 e. The molecule has 18 heavy (non-hydrogen) atoms. The fourth-order valence-electron chi connectivity index (χ4n) is 2.62. The van der Waals surface area contributed by atoms with Crippen LogP contribution >= 0.6 is 11.8 Å². The number of carbonyl (C=O) groups is 1. The van der Waals surface area contributed by atoms with Crippen molar-refractivity contribution in [2.75, 3.05) is 12.3 Å². The van der Waals surface area contributed by atoms with Gasteiger partial charge in [0.05, 0.1) is 6.42 Å². The van der Waals surface area contributed by atoms with E-state index >= 15 is 0 Å². The molecular weight excluding hydrogens is 260 g/mol. The van der Waals surface area contributed by atoms with E-state index in [4.69, 9.17) is 0 Å². The molecule has 1 heterocycles. The Morgan fingerprint density at radius 2 is 2.28 bits per heavy atom. The van der Waals surface area contributed by atoms with Crippen LogP contribution in [0.1, 0.15) is 32.6 Å². The average Bonchev–Trinajstić information content (AvgIpc) is 2.82. The van der Waals surface area contributed by atoms with Crippen molar-refractivity contribution in [3.8, 4) is 0 Å². The molecule has 1 aliphatic carbocycles. The minimum Gasteiger partial charge on any atom is -0.456 e. The maximum absolute atomic E-state index is 13.0. The molecule has 0 aromatic heterocycles. The Morgan fingerprint density at radius 3 is 2.89 bits per heavy atom. The number of nitrogens with one attached hydrogen (secondary N) is 1. The Balaban J connectivity index is 1.77. The molecule has 1 N–H and O–H groups in total. The Morgan fingerprint density at radius 1 is 1.50 bits per heavy atom. The minimum atomic E-state index is -3.29. The third-order valence-corrected chi connectivity index (χ3v) is 4.82.